The van der Waals surface area contributed by atoms with Gasteiger partial charge in [0.25, 0.3) is 5.91 Å². The Bertz CT molecular complexity index is 736. The number of carbonyl (C=O) groups excluding carboxylic acids is 1. The zero-order chi connectivity index (χ0) is 16.4. The minimum Gasteiger partial charge on any atom is -0.472 e. The van der Waals surface area contributed by atoms with Gasteiger partial charge in [-0.25, -0.2) is 4.98 Å². The molecule has 0 saturated carbocycles. The van der Waals surface area contributed by atoms with Crippen LogP contribution in [0.4, 0.5) is 0 Å². The summed E-state index contributed by atoms with van der Waals surface area (Å²) in [7, 11) is 0. The topological polar surface area (TPSA) is 42.4 Å². The molecule has 1 aliphatic heterocycles. The highest BCUT2D eigenvalue weighted by Gasteiger charge is 2.29. The maximum atomic E-state index is 12.6. The fourth-order valence-electron chi connectivity index (χ4n) is 2.60. The molecule has 4 nitrogen and oxygen atoms in total. The van der Waals surface area contributed by atoms with E-state index in [-0.39, 0.29) is 12.0 Å². The van der Waals surface area contributed by atoms with Gasteiger partial charge in [0.1, 0.15) is 6.10 Å². The van der Waals surface area contributed by atoms with Gasteiger partial charge in [-0.05, 0) is 31.2 Å². The van der Waals surface area contributed by atoms with Crippen LogP contribution in [0, 0.1) is 6.92 Å². The van der Waals surface area contributed by atoms with E-state index in [1.807, 2.05) is 25.1 Å². The molecule has 6 heteroatoms. The van der Waals surface area contributed by atoms with Gasteiger partial charge in [0, 0.05) is 29.7 Å². The van der Waals surface area contributed by atoms with Gasteiger partial charge in [-0.15, -0.1) is 0 Å². The SMILES string of the molecule is Cc1cccc(OC2CCN(C(=O)c3cc(Cl)ccc3Cl)C2)n1. The number of carbonyl (C=O) groups is 1. The molecular formula is C17H16Cl2N2O2. The van der Waals surface area contributed by atoms with Gasteiger partial charge in [-0.2, -0.15) is 0 Å². The van der Waals surface area contributed by atoms with Crippen LogP contribution in [-0.2, 0) is 0 Å². The molecule has 23 heavy (non-hydrogen) atoms. The van der Waals surface area contributed by atoms with E-state index in [1.165, 1.54) is 0 Å². The van der Waals surface area contributed by atoms with E-state index in [4.69, 9.17) is 27.9 Å². The van der Waals surface area contributed by atoms with Crippen molar-refractivity contribution >= 4 is 29.1 Å². The first kappa shape index (κ1) is 16.1. The molecule has 1 aliphatic rings. The first-order valence-electron chi connectivity index (χ1n) is 7.37. The highest BCUT2D eigenvalue weighted by molar-refractivity contribution is 6.35. The molecule has 1 amide bonds. The summed E-state index contributed by atoms with van der Waals surface area (Å²) in [6, 6.07) is 10.5. The maximum Gasteiger partial charge on any atom is 0.255 e. The summed E-state index contributed by atoms with van der Waals surface area (Å²) in [4.78, 5) is 18.6. The fraction of sp³-hybridized carbons (Fsp3) is 0.294. The zero-order valence-electron chi connectivity index (χ0n) is 12.6. The van der Waals surface area contributed by atoms with E-state index in [9.17, 15) is 4.79 Å². The van der Waals surface area contributed by atoms with Crippen molar-refractivity contribution in [2.75, 3.05) is 13.1 Å². The van der Waals surface area contributed by atoms with Gasteiger partial charge in [0.2, 0.25) is 5.88 Å². The number of ether oxygens (including phenoxy) is 1. The number of hydrogen-bond acceptors (Lipinski definition) is 3. The van der Waals surface area contributed by atoms with Crippen molar-refractivity contribution in [3.05, 3.63) is 57.7 Å². The molecule has 2 heterocycles. The van der Waals surface area contributed by atoms with Gasteiger partial charge in [0.05, 0.1) is 17.1 Å². The molecule has 1 unspecified atom stereocenters. The summed E-state index contributed by atoms with van der Waals surface area (Å²) in [6.07, 6.45) is 0.700. The number of rotatable bonds is 3. The Balaban J connectivity index is 1.67. The molecule has 0 radical (unpaired) electrons. The number of benzene rings is 1. The molecule has 0 bridgehead atoms. The number of amides is 1. The van der Waals surface area contributed by atoms with Gasteiger partial charge < -0.3 is 9.64 Å². The number of hydrogen-bond donors (Lipinski definition) is 0. The van der Waals surface area contributed by atoms with Crippen LogP contribution in [0.5, 0.6) is 5.88 Å². The van der Waals surface area contributed by atoms with Crippen LogP contribution < -0.4 is 4.74 Å². The lowest BCUT2D eigenvalue weighted by atomic mass is 10.2. The number of aromatic nitrogens is 1. The quantitative estimate of drug-likeness (QED) is 0.840. The Kier molecular flexibility index (Phi) is 4.74. The van der Waals surface area contributed by atoms with Gasteiger partial charge in [0.15, 0.2) is 0 Å². The van der Waals surface area contributed by atoms with Crippen LogP contribution in [-0.4, -0.2) is 35.0 Å². The second-order valence-electron chi connectivity index (χ2n) is 5.52. The van der Waals surface area contributed by atoms with Crippen molar-refractivity contribution in [3.8, 4) is 5.88 Å². The zero-order valence-corrected chi connectivity index (χ0v) is 14.1. The molecule has 0 N–H and O–H groups in total. The molecule has 120 valence electrons. The first-order valence-corrected chi connectivity index (χ1v) is 8.13. The molecule has 2 aromatic rings. The Labute approximate surface area is 145 Å². The van der Waals surface area contributed by atoms with Gasteiger partial charge >= 0.3 is 0 Å². The minimum atomic E-state index is -0.124. The molecule has 1 aromatic heterocycles. The smallest absolute Gasteiger partial charge is 0.255 e. The van der Waals surface area contributed by atoms with Crippen LogP contribution in [0.3, 0.4) is 0 Å². The van der Waals surface area contributed by atoms with E-state index >= 15 is 0 Å². The highest BCUT2D eigenvalue weighted by atomic mass is 35.5. The Hall–Kier alpha value is -1.78. The predicted molar refractivity (Wildman–Crippen MR) is 90.4 cm³/mol. The highest BCUT2D eigenvalue weighted by Crippen LogP contribution is 2.25. The van der Waals surface area contributed by atoms with E-state index in [2.05, 4.69) is 4.98 Å². The summed E-state index contributed by atoms with van der Waals surface area (Å²) in [5.41, 5.74) is 1.33. The third-order valence-corrected chi connectivity index (χ3v) is 4.31. The number of aryl methyl sites for hydroxylation is 1. The third kappa shape index (κ3) is 3.77. The number of halogens is 2. The number of likely N-dealkylation sites (tertiary alicyclic amines) is 1. The van der Waals surface area contributed by atoms with Crippen LogP contribution >= 0.6 is 23.2 Å². The van der Waals surface area contributed by atoms with Crippen molar-refractivity contribution in [2.24, 2.45) is 0 Å². The molecule has 3 rings (SSSR count). The van der Waals surface area contributed by atoms with Gasteiger partial charge in [-0.3, -0.25) is 4.79 Å². The molecule has 1 atom stereocenters. The molecule has 1 aromatic carbocycles. The Morgan fingerprint density at radius 1 is 1.30 bits per heavy atom. The van der Waals surface area contributed by atoms with Crippen molar-refractivity contribution in [1.29, 1.82) is 0 Å². The fourth-order valence-corrected chi connectivity index (χ4v) is 2.97. The Morgan fingerprint density at radius 2 is 2.13 bits per heavy atom. The Morgan fingerprint density at radius 3 is 2.91 bits per heavy atom. The second kappa shape index (κ2) is 6.77. The average molecular weight is 351 g/mol. The number of nitrogens with zero attached hydrogens (tertiary/aromatic N) is 2. The van der Waals surface area contributed by atoms with Crippen LogP contribution in [0.25, 0.3) is 0 Å². The van der Waals surface area contributed by atoms with Crippen molar-refractivity contribution in [1.82, 2.24) is 9.88 Å². The molecule has 1 fully saturated rings. The van der Waals surface area contributed by atoms with E-state index in [0.717, 1.165) is 12.1 Å². The average Bonchev–Trinajstić information content (AvgIpc) is 2.97. The third-order valence-electron chi connectivity index (χ3n) is 3.74. The minimum absolute atomic E-state index is 0.0637. The van der Waals surface area contributed by atoms with Gasteiger partial charge in [-0.1, -0.05) is 29.3 Å². The summed E-state index contributed by atoms with van der Waals surface area (Å²) in [5.74, 6) is 0.464. The van der Waals surface area contributed by atoms with Crippen LogP contribution in [0.2, 0.25) is 10.0 Å². The number of pyridine rings is 1. The summed E-state index contributed by atoms with van der Waals surface area (Å²) < 4.78 is 5.86. The lowest BCUT2D eigenvalue weighted by Gasteiger charge is -2.18. The van der Waals surface area contributed by atoms with Crippen molar-refractivity contribution < 1.29 is 9.53 Å². The predicted octanol–water partition coefficient (Wildman–Crippen LogP) is 3.99. The van der Waals surface area contributed by atoms with Crippen LogP contribution in [0.1, 0.15) is 22.5 Å². The normalized spacial score (nSPS) is 17.3. The second-order valence-corrected chi connectivity index (χ2v) is 6.36. The lowest BCUT2D eigenvalue weighted by molar-refractivity contribution is 0.0771. The monoisotopic (exact) mass is 350 g/mol. The first-order chi connectivity index (χ1) is 11.0. The molecule has 0 aliphatic carbocycles. The van der Waals surface area contributed by atoms with Crippen molar-refractivity contribution in [3.63, 3.8) is 0 Å². The largest absolute Gasteiger partial charge is 0.472 e. The maximum absolute atomic E-state index is 12.6. The van der Waals surface area contributed by atoms with E-state index in [1.54, 1.807) is 23.1 Å². The molecule has 1 saturated heterocycles. The standard InChI is InChI=1S/C17H16Cl2N2O2/c1-11-3-2-4-16(20-11)23-13-7-8-21(10-13)17(22)14-9-12(18)5-6-15(14)19/h2-6,9,13H,7-8,10H2,1H3. The lowest BCUT2D eigenvalue weighted by Crippen LogP contribution is -2.31. The van der Waals surface area contributed by atoms with Crippen LogP contribution in [0.15, 0.2) is 36.4 Å². The summed E-state index contributed by atoms with van der Waals surface area (Å²) in [5, 5.41) is 0.901. The summed E-state index contributed by atoms with van der Waals surface area (Å²) >= 11 is 12.1. The van der Waals surface area contributed by atoms with E-state index in [0.29, 0.717) is 34.6 Å². The van der Waals surface area contributed by atoms with E-state index < -0.39 is 0 Å². The molecule has 0 spiro atoms. The molecular weight excluding hydrogens is 335 g/mol. The summed E-state index contributed by atoms with van der Waals surface area (Å²) in [6.45, 7) is 3.05. The van der Waals surface area contributed by atoms with Crippen molar-refractivity contribution in [2.45, 2.75) is 19.4 Å².